The SMILES string of the molecule is CCN(CCC(=O)O)C(=O)c1ccc(Cl)cc1Cl. The Bertz CT molecular complexity index is 463. The Hall–Kier alpha value is -1.26. The van der Waals surface area contributed by atoms with Gasteiger partial charge in [-0.2, -0.15) is 0 Å². The summed E-state index contributed by atoms with van der Waals surface area (Å²) in [7, 11) is 0. The quantitative estimate of drug-likeness (QED) is 0.907. The van der Waals surface area contributed by atoms with Gasteiger partial charge in [-0.1, -0.05) is 23.2 Å². The summed E-state index contributed by atoms with van der Waals surface area (Å²) in [6.07, 6.45) is -0.0925. The molecule has 6 heteroatoms. The van der Waals surface area contributed by atoms with Gasteiger partial charge in [0, 0.05) is 18.1 Å². The lowest BCUT2D eigenvalue weighted by atomic mass is 10.2. The monoisotopic (exact) mass is 289 g/mol. The molecule has 1 rings (SSSR count). The highest BCUT2D eigenvalue weighted by molar-refractivity contribution is 6.36. The zero-order valence-electron chi connectivity index (χ0n) is 9.82. The molecule has 0 spiro atoms. The van der Waals surface area contributed by atoms with Crippen molar-refractivity contribution >= 4 is 35.1 Å². The molecule has 0 bridgehead atoms. The Morgan fingerprint density at radius 2 is 2.00 bits per heavy atom. The first-order valence-electron chi connectivity index (χ1n) is 5.41. The maximum absolute atomic E-state index is 12.1. The highest BCUT2D eigenvalue weighted by atomic mass is 35.5. The molecule has 0 heterocycles. The number of carboxylic acid groups (broad SMARTS) is 1. The van der Waals surface area contributed by atoms with Crippen LogP contribution in [0.3, 0.4) is 0 Å². The maximum atomic E-state index is 12.1. The number of nitrogens with zero attached hydrogens (tertiary/aromatic N) is 1. The highest BCUT2D eigenvalue weighted by Crippen LogP contribution is 2.22. The Kier molecular flexibility index (Phi) is 5.44. The fraction of sp³-hybridized carbons (Fsp3) is 0.333. The van der Waals surface area contributed by atoms with E-state index in [0.717, 1.165) is 0 Å². The number of halogens is 2. The van der Waals surface area contributed by atoms with E-state index in [2.05, 4.69) is 0 Å². The molecule has 1 aromatic rings. The lowest BCUT2D eigenvalue weighted by Crippen LogP contribution is -2.33. The van der Waals surface area contributed by atoms with Crippen LogP contribution in [0, 0.1) is 0 Å². The van der Waals surface area contributed by atoms with E-state index in [1.165, 1.54) is 17.0 Å². The average molecular weight is 290 g/mol. The summed E-state index contributed by atoms with van der Waals surface area (Å²) >= 11 is 11.7. The van der Waals surface area contributed by atoms with Gasteiger partial charge in [0.25, 0.3) is 5.91 Å². The van der Waals surface area contributed by atoms with Crippen molar-refractivity contribution in [1.29, 1.82) is 0 Å². The molecule has 0 fully saturated rings. The van der Waals surface area contributed by atoms with Crippen LogP contribution in [0.25, 0.3) is 0 Å². The van der Waals surface area contributed by atoms with Crippen LogP contribution in [0.2, 0.25) is 10.0 Å². The van der Waals surface area contributed by atoms with Crippen LogP contribution in [0.15, 0.2) is 18.2 Å². The molecule has 0 unspecified atom stereocenters. The Morgan fingerprint density at radius 3 is 2.50 bits per heavy atom. The van der Waals surface area contributed by atoms with Gasteiger partial charge in [-0.3, -0.25) is 9.59 Å². The summed E-state index contributed by atoms with van der Waals surface area (Å²) in [5, 5.41) is 9.33. The molecule has 1 aromatic carbocycles. The predicted octanol–water partition coefficient (Wildman–Crippen LogP) is 2.93. The zero-order chi connectivity index (χ0) is 13.7. The Morgan fingerprint density at radius 1 is 1.33 bits per heavy atom. The molecule has 1 amide bonds. The van der Waals surface area contributed by atoms with E-state index in [1.807, 2.05) is 0 Å². The lowest BCUT2D eigenvalue weighted by molar-refractivity contribution is -0.137. The average Bonchev–Trinajstić information content (AvgIpc) is 2.29. The van der Waals surface area contributed by atoms with Crippen molar-refractivity contribution in [2.45, 2.75) is 13.3 Å². The Labute approximate surface area is 115 Å². The number of rotatable bonds is 5. The second-order valence-electron chi connectivity index (χ2n) is 3.65. The van der Waals surface area contributed by atoms with Gasteiger partial charge in [-0.15, -0.1) is 0 Å². The van der Waals surface area contributed by atoms with Gasteiger partial charge in [0.1, 0.15) is 0 Å². The summed E-state index contributed by atoms with van der Waals surface area (Å²) in [4.78, 5) is 24.1. The molecule has 4 nitrogen and oxygen atoms in total. The number of amides is 1. The summed E-state index contributed by atoms with van der Waals surface area (Å²) in [5.74, 6) is -1.23. The molecule has 0 radical (unpaired) electrons. The minimum Gasteiger partial charge on any atom is -0.481 e. The van der Waals surface area contributed by atoms with E-state index in [1.54, 1.807) is 13.0 Å². The number of carboxylic acids is 1. The van der Waals surface area contributed by atoms with Crippen LogP contribution < -0.4 is 0 Å². The molecular formula is C12H13Cl2NO3. The van der Waals surface area contributed by atoms with Crippen molar-refractivity contribution in [2.75, 3.05) is 13.1 Å². The third kappa shape index (κ3) is 3.89. The van der Waals surface area contributed by atoms with E-state index in [0.29, 0.717) is 17.1 Å². The fourth-order valence-corrected chi connectivity index (χ4v) is 1.96. The molecule has 0 aliphatic rings. The topological polar surface area (TPSA) is 57.6 Å². The van der Waals surface area contributed by atoms with Crippen LogP contribution in [-0.2, 0) is 4.79 Å². The van der Waals surface area contributed by atoms with E-state index in [9.17, 15) is 9.59 Å². The Balaban J connectivity index is 2.86. The van der Waals surface area contributed by atoms with Crippen molar-refractivity contribution in [3.05, 3.63) is 33.8 Å². The standard InChI is InChI=1S/C12H13Cl2NO3/c1-2-15(6-5-11(16)17)12(18)9-4-3-8(13)7-10(9)14/h3-4,7H,2,5-6H2,1H3,(H,16,17). The van der Waals surface area contributed by atoms with Crippen molar-refractivity contribution in [3.8, 4) is 0 Å². The number of carbonyl (C=O) groups excluding carboxylic acids is 1. The molecule has 18 heavy (non-hydrogen) atoms. The van der Waals surface area contributed by atoms with Gasteiger partial charge in [0.05, 0.1) is 17.0 Å². The minimum absolute atomic E-state index is 0.0925. The molecule has 0 atom stereocenters. The second kappa shape index (κ2) is 6.61. The molecule has 0 aromatic heterocycles. The van der Waals surface area contributed by atoms with Crippen molar-refractivity contribution < 1.29 is 14.7 Å². The van der Waals surface area contributed by atoms with Crippen molar-refractivity contribution in [3.63, 3.8) is 0 Å². The first kappa shape index (κ1) is 14.8. The van der Waals surface area contributed by atoms with Crippen LogP contribution in [-0.4, -0.2) is 35.0 Å². The number of carbonyl (C=O) groups is 2. The zero-order valence-corrected chi connectivity index (χ0v) is 11.3. The lowest BCUT2D eigenvalue weighted by Gasteiger charge is -2.20. The maximum Gasteiger partial charge on any atom is 0.305 e. The molecule has 98 valence electrons. The number of benzene rings is 1. The van der Waals surface area contributed by atoms with E-state index >= 15 is 0 Å². The molecule has 0 saturated carbocycles. The highest BCUT2D eigenvalue weighted by Gasteiger charge is 2.17. The predicted molar refractivity (Wildman–Crippen MR) is 70.3 cm³/mol. The van der Waals surface area contributed by atoms with Gasteiger partial charge in [0.15, 0.2) is 0 Å². The third-order valence-corrected chi connectivity index (χ3v) is 2.97. The normalized spacial score (nSPS) is 10.2. The fourth-order valence-electron chi connectivity index (χ4n) is 1.47. The molecule has 0 aliphatic carbocycles. The molecule has 1 N–H and O–H groups in total. The second-order valence-corrected chi connectivity index (χ2v) is 4.50. The van der Waals surface area contributed by atoms with Gasteiger partial charge in [-0.25, -0.2) is 0 Å². The van der Waals surface area contributed by atoms with Crippen LogP contribution >= 0.6 is 23.2 Å². The van der Waals surface area contributed by atoms with Gasteiger partial charge < -0.3 is 10.0 Å². The first-order chi connectivity index (χ1) is 8.45. The summed E-state index contributed by atoms with van der Waals surface area (Å²) in [5.41, 5.74) is 0.327. The van der Waals surface area contributed by atoms with Gasteiger partial charge in [0.2, 0.25) is 0 Å². The van der Waals surface area contributed by atoms with Crippen molar-refractivity contribution in [2.24, 2.45) is 0 Å². The van der Waals surface area contributed by atoms with Crippen molar-refractivity contribution in [1.82, 2.24) is 4.90 Å². The molecule has 0 aliphatic heterocycles. The van der Waals surface area contributed by atoms with Gasteiger partial charge in [-0.05, 0) is 25.1 Å². The summed E-state index contributed by atoms with van der Waals surface area (Å²) < 4.78 is 0. The van der Waals surface area contributed by atoms with Crippen LogP contribution in [0.4, 0.5) is 0 Å². The van der Waals surface area contributed by atoms with E-state index in [-0.39, 0.29) is 23.9 Å². The third-order valence-electron chi connectivity index (χ3n) is 2.43. The largest absolute Gasteiger partial charge is 0.481 e. The van der Waals surface area contributed by atoms with Crippen LogP contribution in [0.1, 0.15) is 23.7 Å². The number of hydrogen-bond acceptors (Lipinski definition) is 2. The molecule has 0 saturated heterocycles. The molecular weight excluding hydrogens is 277 g/mol. The summed E-state index contributed by atoms with van der Waals surface area (Å²) in [6, 6.07) is 4.60. The van der Waals surface area contributed by atoms with Gasteiger partial charge >= 0.3 is 5.97 Å². The van der Waals surface area contributed by atoms with E-state index in [4.69, 9.17) is 28.3 Å². The number of hydrogen-bond donors (Lipinski definition) is 1. The summed E-state index contributed by atoms with van der Waals surface area (Å²) in [6.45, 7) is 2.36. The van der Waals surface area contributed by atoms with Crippen LogP contribution in [0.5, 0.6) is 0 Å². The first-order valence-corrected chi connectivity index (χ1v) is 6.17. The van der Waals surface area contributed by atoms with E-state index < -0.39 is 5.97 Å². The smallest absolute Gasteiger partial charge is 0.305 e. The minimum atomic E-state index is -0.941. The number of aliphatic carboxylic acids is 1.